The highest BCUT2D eigenvalue weighted by molar-refractivity contribution is 7.14. The van der Waals surface area contributed by atoms with Crippen LogP contribution in [0.1, 0.15) is 61.9 Å². The van der Waals surface area contributed by atoms with Gasteiger partial charge in [0.25, 0.3) is 5.91 Å². The monoisotopic (exact) mass is 517 g/mol. The summed E-state index contributed by atoms with van der Waals surface area (Å²) < 4.78 is 5.94. The Kier molecular flexibility index (Phi) is 5.75. The number of fused-ring (bicyclic) bond motifs is 1. The van der Waals surface area contributed by atoms with Crippen molar-refractivity contribution in [1.82, 2.24) is 15.6 Å². The summed E-state index contributed by atoms with van der Waals surface area (Å²) in [6.45, 7) is 1.19. The topological polar surface area (TPSA) is 128 Å². The predicted molar refractivity (Wildman–Crippen MR) is 138 cm³/mol. The van der Waals surface area contributed by atoms with Crippen molar-refractivity contribution in [1.29, 1.82) is 5.26 Å². The van der Waals surface area contributed by atoms with Crippen LogP contribution in [0.3, 0.4) is 0 Å². The predicted octanol–water partition coefficient (Wildman–Crippen LogP) is 4.78. The average Bonchev–Trinajstić information content (AvgIpc) is 3.25. The molecule has 1 aliphatic heterocycles. The number of nitriles is 1. The van der Waals surface area contributed by atoms with Crippen LogP contribution >= 0.6 is 11.3 Å². The number of amides is 3. The average molecular weight is 518 g/mol. The molecule has 2 N–H and O–H groups in total. The van der Waals surface area contributed by atoms with E-state index in [4.69, 9.17) is 4.42 Å². The Hall–Kier alpha value is -3.71. The largest absolute Gasteiger partial charge is 0.451 e. The minimum Gasteiger partial charge on any atom is -0.451 e. The highest BCUT2D eigenvalue weighted by Crippen LogP contribution is 2.49. The summed E-state index contributed by atoms with van der Waals surface area (Å²) in [4.78, 5) is 44.8. The van der Waals surface area contributed by atoms with Gasteiger partial charge in [-0.3, -0.25) is 14.5 Å². The second-order valence-corrected chi connectivity index (χ2v) is 11.2. The van der Waals surface area contributed by atoms with E-state index in [-0.39, 0.29) is 24.0 Å². The van der Waals surface area contributed by atoms with Crippen LogP contribution in [-0.2, 0) is 4.79 Å². The zero-order valence-electron chi connectivity index (χ0n) is 20.3. The molecule has 1 aromatic carbocycles. The zero-order chi connectivity index (χ0) is 25.6. The first-order valence-corrected chi connectivity index (χ1v) is 13.6. The van der Waals surface area contributed by atoms with Crippen LogP contribution in [0.5, 0.6) is 0 Å². The van der Waals surface area contributed by atoms with E-state index in [1.54, 1.807) is 11.0 Å². The molecular formula is C27H27N5O4S. The van der Waals surface area contributed by atoms with Gasteiger partial charge in [-0.1, -0.05) is 31.4 Å². The fraction of sp³-hybridized carbons (Fsp3) is 0.444. The molecule has 1 saturated heterocycles. The maximum Gasteiger partial charge on any atom is 0.323 e. The minimum atomic E-state index is -0.940. The smallest absolute Gasteiger partial charge is 0.323 e. The first-order chi connectivity index (χ1) is 17.9. The molecule has 3 aliphatic rings. The number of nitrogens with one attached hydrogen (secondary N) is 2. The number of hydrogen-bond donors (Lipinski definition) is 2. The molecule has 0 spiro atoms. The highest BCUT2D eigenvalue weighted by atomic mass is 32.1. The molecule has 9 nitrogen and oxygen atoms in total. The lowest BCUT2D eigenvalue weighted by Gasteiger charge is -2.37. The number of Topliss-reactive ketones (excluding diaryl/α,β-unsaturated/α-hetero) is 1. The number of hydrogen-bond acceptors (Lipinski definition) is 7. The molecule has 37 heavy (non-hydrogen) atoms. The molecular weight excluding hydrogens is 490 g/mol. The molecule has 3 fully saturated rings. The van der Waals surface area contributed by atoms with Crippen molar-refractivity contribution in [2.24, 2.45) is 5.41 Å². The number of ketones is 1. The van der Waals surface area contributed by atoms with Gasteiger partial charge in [0.05, 0.1) is 22.7 Å². The van der Waals surface area contributed by atoms with Crippen molar-refractivity contribution in [3.63, 3.8) is 0 Å². The minimum absolute atomic E-state index is 0.0379. The van der Waals surface area contributed by atoms with Crippen molar-refractivity contribution < 1.29 is 18.8 Å². The maximum absolute atomic E-state index is 13.4. The molecule has 3 aromatic rings. The summed E-state index contributed by atoms with van der Waals surface area (Å²) in [5.74, 6) is -0.297. The Morgan fingerprint density at radius 1 is 1.19 bits per heavy atom. The van der Waals surface area contributed by atoms with Gasteiger partial charge in [0.2, 0.25) is 0 Å². The molecule has 0 bridgehead atoms. The number of aromatic nitrogens is 1. The lowest BCUT2D eigenvalue weighted by molar-refractivity contribution is -0.127. The molecule has 10 heteroatoms. The molecule has 190 valence electrons. The molecule has 0 atom stereocenters. The van der Waals surface area contributed by atoms with E-state index in [1.165, 1.54) is 11.3 Å². The number of rotatable bonds is 7. The number of furan rings is 1. The lowest BCUT2D eigenvalue weighted by atomic mass is 9.75. The molecule has 3 amide bonds. The molecule has 2 aliphatic carbocycles. The Bertz CT molecular complexity index is 1440. The van der Waals surface area contributed by atoms with Crippen LogP contribution in [0.25, 0.3) is 22.2 Å². The van der Waals surface area contributed by atoms with Crippen LogP contribution in [0, 0.1) is 16.7 Å². The second kappa shape index (κ2) is 8.99. The van der Waals surface area contributed by atoms with Crippen molar-refractivity contribution in [3.05, 3.63) is 35.4 Å². The van der Waals surface area contributed by atoms with Gasteiger partial charge < -0.3 is 15.1 Å². The Labute approximate surface area is 217 Å². The van der Waals surface area contributed by atoms with Gasteiger partial charge in [-0.25, -0.2) is 9.78 Å². The van der Waals surface area contributed by atoms with E-state index in [0.717, 1.165) is 48.7 Å². The second-order valence-electron chi connectivity index (χ2n) is 10.4. The summed E-state index contributed by atoms with van der Waals surface area (Å²) in [5.41, 5.74) is 0.603. The van der Waals surface area contributed by atoms with Gasteiger partial charge in [-0.15, -0.1) is 11.3 Å². The molecule has 0 radical (unpaired) electrons. The van der Waals surface area contributed by atoms with E-state index in [9.17, 15) is 19.6 Å². The zero-order valence-corrected chi connectivity index (χ0v) is 21.2. The van der Waals surface area contributed by atoms with E-state index in [2.05, 4.69) is 21.7 Å². The van der Waals surface area contributed by atoms with Crippen molar-refractivity contribution in [2.75, 3.05) is 18.0 Å². The van der Waals surface area contributed by atoms with Crippen LogP contribution < -0.4 is 15.5 Å². The van der Waals surface area contributed by atoms with E-state index < -0.39 is 16.9 Å². The van der Waals surface area contributed by atoms with E-state index >= 15 is 0 Å². The molecule has 2 aromatic heterocycles. The Balaban J connectivity index is 1.22. The summed E-state index contributed by atoms with van der Waals surface area (Å²) in [6, 6.07) is 9.46. The number of carbonyl (C=O) groups is 3. The SMILES string of the molecule is N#CC1(CC(=O)C2(NC(=O)c3cc4ccc(-c5csc(N6CCNC6=O)n5)cc4o3)CCCCC2)CC1. The fourth-order valence-electron chi connectivity index (χ4n) is 5.34. The first kappa shape index (κ1) is 23.7. The van der Waals surface area contributed by atoms with Gasteiger partial charge >= 0.3 is 6.03 Å². The fourth-order valence-corrected chi connectivity index (χ4v) is 6.20. The number of thiazole rings is 1. The summed E-state index contributed by atoms with van der Waals surface area (Å²) in [7, 11) is 0. The van der Waals surface area contributed by atoms with Gasteiger partial charge in [-0.05, 0) is 37.8 Å². The van der Waals surface area contributed by atoms with Crippen molar-refractivity contribution >= 4 is 45.2 Å². The Morgan fingerprint density at radius 3 is 2.70 bits per heavy atom. The van der Waals surface area contributed by atoms with Crippen molar-refractivity contribution in [2.45, 2.75) is 56.9 Å². The van der Waals surface area contributed by atoms with Gasteiger partial charge in [-0.2, -0.15) is 5.26 Å². The number of anilines is 1. The highest BCUT2D eigenvalue weighted by Gasteiger charge is 2.50. The molecule has 2 saturated carbocycles. The van der Waals surface area contributed by atoms with Gasteiger partial charge in [0, 0.05) is 35.8 Å². The summed E-state index contributed by atoms with van der Waals surface area (Å²) >= 11 is 1.40. The summed E-state index contributed by atoms with van der Waals surface area (Å²) in [6.07, 6.45) is 5.63. The number of nitrogens with zero attached hydrogens (tertiary/aromatic N) is 3. The van der Waals surface area contributed by atoms with Crippen LogP contribution in [0.15, 0.2) is 34.1 Å². The maximum atomic E-state index is 13.4. The van der Waals surface area contributed by atoms with Crippen LogP contribution in [0.4, 0.5) is 9.93 Å². The third kappa shape index (κ3) is 4.37. The summed E-state index contributed by atoms with van der Waals surface area (Å²) in [5, 5.41) is 18.6. The number of carbonyl (C=O) groups excluding carboxylic acids is 3. The van der Waals surface area contributed by atoms with Crippen LogP contribution in [0.2, 0.25) is 0 Å². The molecule has 6 rings (SSSR count). The van der Waals surface area contributed by atoms with E-state index in [0.29, 0.717) is 36.6 Å². The third-order valence-electron chi connectivity index (χ3n) is 7.80. The molecule has 3 heterocycles. The Morgan fingerprint density at radius 2 is 2.00 bits per heavy atom. The van der Waals surface area contributed by atoms with E-state index in [1.807, 2.05) is 23.6 Å². The number of urea groups is 1. The normalized spacial score (nSPS) is 19.9. The first-order valence-electron chi connectivity index (χ1n) is 12.7. The third-order valence-corrected chi connectivity index (χ3v) is 8.67. The van der Waals surface area contributed by atoms with Gasteiger partial charge in [0.15, 0.2) is 16.7 Å². The quantitative estimate of drug-likeness (QED) is 0.464. The lowest BCUT2D eigenvalue weighted by Crippen LogP contribution is -2.56. The van der Waals surface area contributed by atoms with Crippen LogP contribution in [-0.4, -0.2) is 41.3 Å². The standard InChI is InChI=1S/C27H27N5O4S/c28-16-26(8-9-26)14-22(33)27(6-2-1-3-7-27)31-23(34)21-13-18-5-4-17(12-20(18)36-21)19-15-37-25(30-19)32-11-10-29-24(32)35/h4-5,12-13,15H,1-3,6-11,14H2,(H,29,35)(H,31,34). The van der Waals surface area contributed by atoms with Crippen molar-refractivity contribution in [3.8, 4) is 17.3 Å². The molecule has 0 unspecified atom stereocenters. The van der Waals surface area contributed by atoms with Gasteiger partial charge in [0.1, 0.15) is 5.58 Å². The number of benzene rings is 1.